The van der Waals surface area contributed by atoms with Gasteiger partial charge < -0.3 is 5.32 Å². The quantitative estimate of drug-likeness (QED) is 0.906. The number of anilines is 1. The number of benzene rings is 1. The van der Waals surface area contributed by atoms with Gasteiger partial charge in [-0.05, 0) is 43.9 Å². The van der Waals surface area contributed by atoms with E-state index in [4.69, 9.17) is 0 Å². The first-order chi connectivity index (χ1) is 11.0. The van der Waals surface area contributed by atoms with Crippen LogP contribution in [0.2, 0.25) is 0 Å². The van der Waals surface area contributed by atoms with Crippen LogP contribution in [0.1, 0.15) is 36.8 Å². The molecule has 1 aliphatic rings. The normalized spacial score (nSPS) is 16.0. The maximum absolute atomic E-state index is 12.4. The maximum Gasteiger partial charge on any atom is 0.246 e. The number of aryl methyl sites for hydroxylation is 2. The highest BCUT2D eigenvalue weighted by molar-refractivity contribution is 7.14. The lowest BCUT2D eigenvalue weighted by Gasteiger charge is -2.17. The first-order valence-corrected chi connectivity index (χ1v) is 8.68. The van der Waals surface area contributed by atoms with Gasteiger partial charge >= 0.3 is 0 Å². The van der Waals surface area contributed by atoms with Crippen molar-refractivity contribution in [2.24, 2.45) is 5.41 Å². The number of aromatic nitrogens is 1. The Hall–Kier alpha value is -2.19. The summed E-state index contributed by atoms with van der Waals surface area (Å²) in [6.45, 7) is 4.15. The molecule has 1 N–H and O–H groups in total. The fourth-order valence-corrected chi connectivity index (χ4v) is 3.66. The molecular formula is C18H19N3OS. The SMILES string of the molecule is Cc1ccc(-c2csc(NC(=O)C3(C#N)CCCC3)n2)cc1C. The molecule has 23 heavy (non-hydrogen) atoms. The summed E-state index contributed by atoms with van der Waals surface area (Å²) >= 11 is 1.40. The monoisotopic (exact) mass is 325 g/mol. The minimum atomic E-state index is -0.869. The Morgan fingerprint density at radius 1 is 1.30 bits per heavy atom. The van der Waals surface area contributed by atoms with Gasteiger partial charge in [0.15, 0.2) is 5.13 Å². The van der Waals surface area contributed by atoms with Gasteiger partial charge in [0.25, 0.3) is 0 Å². The third-order valence-corrected chi connectivity index (χ3v) is 5.39. The number of hydrogen-bond acceptors (Lipinski definition) is 4. The van der Waals surface area contributed by atoms with Crippen LogP contribution in [-0.4, -0.2) is 10.9 Å². The summed E-state index contributed by atoms with van der Waals surface area (Å²) in [4.78, 5) is 17.0. The van der Waals surface area contributed by atoms with Crippen molar-refractivity contribution in [2.75, 3.05) is 5.32 Å². The van der Waals surface area contributed by atoms with Crippen LogP contribution in [0.5, 0.6) is 0 Å². The highest BCUT2D eigenvalue weighted by Crippen LogP contribution is 2.39. The molecule has 0 bridgehead atoms. The van der Waals surface area contributed by atoms with Crippen molar-refractivity contribution >= 4 is 22.4 Å². The van der Waals surface area contributed by atoms with Crippen molar-refractivity contribution in [3.05, 3.63) is 34.7 Å². The lowest BCUT2D eigenvalue weighted by atomic mass is 9.87. The molecule has 0 saturated heterocycles. The minimum Gasteiger partial charge on any atom is -0.301 e. The molecule has 118 valence electrons. The molecule has 5 heteroatoms. The Bertz CT molecular complexity index is 782. The summed E-state index contributed by atoms with van der Waals surface area (Å²) in [5.41, 5.74) is 3.49. The number of hydrogen-bond donors (Lipinski definition) is 1. The molecule has 1 aromatic carbocycles. The van der Waals surface area contributed by atoms with Gasteiger partial charge in [-0.3, -0.25) is 4.79 Å². The fraction of sp³-hybridized carbons (Fsp3) is 0.389. The zero-order chi connectivity index (χ0) is 16.4. The number of thiazole rings is 1. The zero-order valence-electron chi connectivity index (χ0n) is 13.3. The highest BCUT2D eigenvalue weighted by atomic mass is 32.1. The van der Waals surface area contributed by atoms with Crippen molar-refractivity contribution in [1.82, 2.24) is 4.98 Å². The Morgan fingerprint density at radius 3 is 2.70 bits per heavy atom. The van der Waals surface area contributed by atoms with Gasteiger partial charge in [-0.1, -0.05) is 25.0 Å². The third-order valence-electron chi connectivity index (χ3n) is 4.63. The smallest absolute Gasteiger partial charge is 0.246 e. The van der Waals surface area contributed by atoms with E-state index in [-0.39, 0.29) is 5.91 Å². The molecule has 0 radical (unpaired) electrons. The predicted molar refractivity (Wildman–Crippen MR) is 92.2 cm³/mol. The van der Waals surface area contributed by atoms with E-state index in [0.717, 1.165) is 24.1 Å². The Balaban J connectivity index is 1.78. The second-order valence-corrected chi connectivity index (χ2v) is 7.05. The third kappa shape index (κ3) is 2.99. The average molecular weight is 325 g/mol. The molecule has 2 aromatic rings. The first-order valence-electron chi connectivity index (χ1n) is 7.80. The van der Waals surface area contributed by atoms with Gasteiger partial charge in [-0.25, -0.2) is 4.98 Å². The molecule has 1 heterocycles. The Morgan fingerprint density at radius 2 is 2.04 bits per heavy atom. The van der Waals surface area contributed by atoms with Gasteiger partial charge in [-0.2, -0.15) is 5.26 Å². The molecule has 0 spiro atoms. The van der Waals surface area contributed by atoms with E-state index >= 15 is 0 Å². The summed E-state index contributed by atoms with van der Waals surface area (Å²) in [6.07, 6.45) is 3.16. The van der Waals surface area contributed by atoms with Crippen LogP contribution < -0.4 is 5.32 Å². The standard InChI is InChI=1S/C18H19N3OS/c1-12-5-6-14(9-13(12)2)15-10-23-17(20-15)21-16(22)18(11-19)7-3-4-8-18/h5-6,9-10H,3-4,7-8H2,1-2H3,(H,20,21,22). The number of nitrogens with one attached hydrogen (secondary N) is 1. The van der Waals surface area contributed by atoms with Crippen molar-refractivity contribution in [1.29, 1.82) is 5.26 Å². The number of carbonyl (C=O) groups excluding carboxylic acids is 1. The van der Waals surface area contributed by atoms with Crippen molar-refractivity contribution < 1.29 is 4.79 Å². The van der Waals surface area contributed by atoms with Crippen LogP contribution in [0, 0.1) is 30.6 Å². The molecule has 3 rings (SSSR count). The lowest BCUT2D eigenvalue weighted by Crippen LogP contribution is -2.32. The molecule has 1 aromatic heterocycles. The largest absolute Gasteiger partial charge is 0.301 e. The van der Waals surface area contributed by atoms with E-state index in [1.54, 1.807) is 0 Å². The number of carbonyl (C=O) groups is 1. The second-order valence-electron chi connectivity index (χ2n) is 6.19. The van der Waals surface area contributed by atoms with Crippen LogP contribution in [0.3, 0.4) is 0 Å². The van der Waals surface area contributed by atoms with E-state index in [1.807, 2.05) is 11.4 Å². The summed E-state index contributed by atoms with van der Waals surface area (Å²) in [5.74, 6) is -0.210. The van der Waals surface area contributed by atoms with Crippen LogP contribution in [0.15, 0.2) is 23.6 Å². The van der Waals surface area contributed by atoms with Crippen molar-refractivity contribution in [2.45, 2.75) is 39.5 Å². The van der Waals surface area contributed by atoms with Crippen LogP contribution in [0.4, 0.5) is 5.13 Å². The average Bonchev–Trinajstić information content (AvgIpc) is 3.19. The summed E-state index contributed by atoms with van der Waals surface area (Å²) < 4.78 is 0. The lowest BCUT2D eigenvalue weighted by molar-refractivity contribution is -0.122. The van der Waals surface area contributed by atoms with E-state index in [9.17, 15) is 10.1 Å². The topological polar surface area (TPSA) is 65.8 Å². The molecule has 1 aliphatic carbocycles. The van der Waals surface area contributed by atoms with Crippen LogP contribution >= 0.6 is 11.3 Å². The van der Waals surface area contributed by atoms with E-state index in [0.29, 0.717) is 18.0 Å². The molecule has 0 aliphatic heterocycles. The van der Waals surface area contributed by atoms with Gasteiger partial charge in [-0.15, -0.1) is 11.3 Å². The summed E-state index contributed by atoms with van der Waals surface area (Å²) in [5, 5.41) is 14.7. The molecule has 4 nitrogen and oxygen atoms in total. The minimum absolute atomic E-state index is 0.210. The number of nitriles is 1. The van der Waals surface area contributed by atoms with Gasteiger partial charge in [0.1, 0.15) is 5.41 Å². The zero-order valence-corrected chi connectivity index (χ0v) is 14.2. The molecular weight excluding hydrogens is 306 g/mol. The van der Waals surface area contributed by atoms with Crippen molar-refractivity contribution in [3.8, 4) is 17.3 Å². The number of rotatable bonds is 3. The molecule has 1 fully saturated rings. The highest BCUT2D eigenvalue weighted by Gasteiger charge is 2.41. The Labute approximate surface area is 140 Å². The van der Waals surface area contributed by atoms with Gasteiger partial charge in [0.05, 0.1) is 11.8 Å². The van der Waals surface area contributed by atoms with Crippen LogP contribution in [0.25, 0.3) is 11.3 Å². The molecule has 1 saturated carbocycles. The molecule has 1 amide bonds. The van der Waals surface area contributed by atoms with E-state index in [2.05, 4.69) is 42.4 Å². The van der Waals surface area contributed by atoms with Gasteiger partial charge in [0.2, 0.25) is 5.91 Å². The predicted octanol–water partition coefficient (Wildman–Crippen LogP) is 4.45. The number of nitrogens with zero attached hydrogens (tertiary/aromatic N) is 2. The van der Waals surface area contributed by atoms with Gasteiger partial charge in [0, 0.05) is 10.9 Å². The number of amides is 1. The maximum atomic E-state index is 12.4. The van der Waals surface area contributed by atoms with Crippen LogP contribution in [-0.2, 0) is 4.79 Å². The molecule has 0 unspecified atom stereocenters. The second kappa shape index (κ2) is 6.13. The summed E-state index contributed by atoms with van der Waals surface area (Å²) in [6, 6.07) is 8.43. The summed E-state index contributed by atoms with van der Waals surface area (Å²) in [7, 11) is 0. The Kier molecular flexibility index (Phi) is 4.18. The van der Waals surface area contributed by atoms with E-state index in [1.165, 1.54) is 22.5 Å². The van der Waals surface area contributed by atoms with Crippen molar-refractivity contribution in [3.63, 3.8) is 0 Å². The molecule has 0 atom stereocenters. The first kappa shape index (κ1) is 15.7. The fourth-order valence-electron chi connectivity index (χ4n) is 2.95. The van der Waals surface area contributed by atoms with E-state index < -0.39 is 5.41 Å².